The summed E-state index contributed by atoms with van der Waals surface area (Å²) in [4.78, 5) is 15.1. The molecular weight excluding hydrogens is 200 g/mol. The third-order valence-electron chi connectivity index (χ3n) is 1.51. The fourth-order valence-corrected chi connectivity index (χ4v) is 1.55. The predicted octanol–water partition coefficient (Wildman–Crippen LogP) is 1.29. The molecule has 1 rings (SSSR count). The van der Waals surface area contributed by atoms with E-state index in [0.29, 0.717) is 12.2 Å². The quantitative estimate of drug-likeness (QED) is 0.764. The number of carbonyl (C=O) groups excluding carboxylic acids is 1. The van der Waals surface area contributed by atoms with Crippen molar-refractivity contribution in [3.63, 3.8) is 0 Å². The molecule has 0 bridgehead atoms. The van der Waals surface area contributed by atoms with Gasteiger partial charge in [0.25, 0.3) is 0 Å². The molecule has 0 saturated heterocycles. The van der Waals surface area contributed by atoms with E-state index < -0.39 is 5.97 Å². The molecule has 5 heteroatoms. The van der Waals surface area contributed by atoms with Crippen molar-refractivity contribution in [1.29, 1.82) is 0 Å². The van der Waals surface area contributed by atoms with Gasteiger partial charge in [0.05, 0.1) is 7.11 Å². The minimum Gasteiger partial charge on any atom is -0.464 e. The number of esters is 1. The SMILES string of the molecule is COC(=O)c1csc(C=CCCN)n1. The maximum Gasteiger partial charge on any atom is 0.357 e. The maximum absolute atomic E-state index is 11.0. The Morgan fingerprint density at radius 1 is 1.79 bits per heavy atom. The van der Waals surface area contributed by atoms with Crippen LogP contribution in [0.1, 0.15) is 21.9 Å². The lowest BCUT2D eigenvalue weighted by Gasteiger charge is -1.90. The first-order valence-electron chi connectivity index (χ1n) is 4.18. The summed E-state index contributed by atoms with van der Waals surface area (Å²) < 4.78 is 4.54. The third-order valence-corrected chi connectivity index (χ3v) is 2.32. The Kier molecular flexibility index (Phi) is 4.28. The fraction of sp³-hybridized carbons (Fsp3) is 0.333. The minimum absolute atomic E-state index is 0.352. The summed E-state index contributed by atoms with van der Waals surface area (Å²) in [6.07, 6.45) is 4.59. The van der Waals surface area contributed by atoms with Crippen LogP contribution >= 0.6 is 11.3 Å². The number of carbonyl (C=O) groups is 1. The van der Waals surface area contributed by atoms with E-state index in [1.54, 1.807) is 5.38 Å². The highest BCUT2D eigenvalue weighted by molar-refractivity contribution is 7.10. The van der Waals surface area contributed by atoms with Gasteiger partial charge in [0.2, 0.25) is 0 Å². The second-order valence-corrected chi connectivity index (χ2v) is 3.43. The van der Waals surface area contributed by atoms with Crippen LogP contribution in [-0.2, 0) is 4.74 Å². The van der Waals surface area contributed by atoms with Crippen molar-refractivity contribution in [3.05, 3.63) is 22.2 Å². The zero-order valence-corrected chi connectivity index (χ0v) is 8.71. The average molecular weight is 212 g/mol. The topological polar surface area (TPSA) is 65.2 Å². The zero-order chi connectivity index (χ0) is 10.4. The number of rotatable bonds is 4. The van der Waals surface area contributed by atoms with Crippen molar-refractivity contribution in [2.24, 2.45) is 5.73 Å². The van der Waals surface area contributed by atoms with Crippen molar-refractivity contribution < 1.29 is 9.53 Å². The highest BCUT2D eigenvalue weighted by Crippen LogP contribution is 2.12. The molecule has 0 atom stereocenters. The molecule has 0 aliphatic rings. The molecule has 0 aliphatic heterocycles. The van der Waals surface area contributed by atoms with Crippen LogP contribution in [0.5, 0.6) is 0 Å². The van der Waals surface area contributed by atoms with Crippen LogP contribution in [0.15, 0.2) is 11.5 Å². The number of hydrogen-bond donors (Lipinski definition) is 1. The lowest BCUT2D eigenvalue weighted by molar-refractivity contribution is 0.0595. The van der Waals surface area contributed by atoms with Crippen LogP contribution < -0.4 is 5.73 Å². The van der Waals surface area contributed by atoms with E-state index in [1.165, 1.54) is 18.4 Å². The molecule has 0 spiro atoms. The molecule has 0 amide bonds. The molecule has 0 aromatic carbocycles. The van der Waals surface area contributed by atoms with Crippen molar-refractivity contribution in [3.8, 4) is 0 Å². The minimum atomic E-state index is -0.403. The highest BCUT2D eigenvalue weighted by Gasteiger charge is 2.08. The third kappa shape index (κ3) is 2.93. The molecule has 0 aliphatic carbocycles. The number of nitrogens with two attached hydrogens (primary N) is 1. The Balaban J connectivity index is 2.63. The Labute approximate surface area is 86.4 Å². The monoisotopic (exact) mass is 212 g/mol. The zero-order valence-electron chi connectivity index (χ0n) is 7.90. The largest absolute Gasteiger partial charge is 0.464 e. The van der Waals surface area contributed by atoms with Crippen LogP contribution in [0.3, 0.4) is 0 Å². The Morgan fingerprint density at radius 2 is 2.57 bits per heavy atom. The van der Waals surface area contributed by atoms with Gasteiger partial charge in [0.1, 0.15) is 5.01 Å². The normalized spacial score (nSPS) is 10.7. The van der Waals surface area contributed by atoms with Gasteiger partial charge in [-0.2, -0.15) is 0 Å². The standard InChI is InChI=1S/C9H12N2O2S/c1-13-9(12)7-6-14-8(11-7)4-2-3-5-10/h2,4,6H,3,5,10H2,1H3. The molecule has 1 heterocycles. The number of methoxy groups -OCH3 is 1. The number of ether oxygens (including phenoxy) is 1. The van der Waals surface area contributed by atoms with E-state index in [4.69, 9.17) is 5.73 Å². The first-order valence-corrected chi connectivity index (χ1v) is 5.06. The van der Waals surface area contributed by atoms with Crippen molar-refractivity contribution in [1.82, 2.24) is 4.98 Å². The average Bonchev–Trinajstić information content (AvgIpc) is 2.66. The van der Waals surface area contributed by atoms with E-state index in [1.807, 2.05) is 12.2 Å². The molecule has 76 valence electrons. The van der Waals surface area contributed by atoms with Crippen LogP contribution in [0, 0.1) is 0 Å². The molecule has 4 nitrogen and oxygen atoms in total. The first kappa shape index (κ1) is 10.9. The van der Waals surface area contributed by atoms with Gasteiger partial charge >= 0.3 is 5.97 Å². The van der Waals surface area contributed by atoms with Gasteiger partial charge in [-0.1, -0.05) is 6.08 Å². The van der Waals surface area contributed by atoms with E-state index in [2.05, 4.69) is 9.72 Å². The Morgan fingerprint density at radius 3 is 3.21 bits per heavy atom. The molecule has 2 N–H and O–H groups in total. The van der Waals surface area contributed by atoms with Crippen molar-refractivity contribution in [2.45, 2.75) is 6.42 Å². The maximum atomic E-state index is 11.0. The molecule has 14 heavy (non-hydrogen) atoms. The van der Waals surface area contributed by atoms with Gasteiger partial charge in [-0.15, -0.1) is 11.3 Å². The molecular formula is C9H12N2O2S. The van der Waals surface area contributed by atoms with Gasteiger partial charge in [0, 0.05) is 5.38 Å². The summed E-state index contributed by atoms with van der Waals surface area (Å²) in [6, 6.07) is 0. The first-order chi connectivity index (χ1) is 6.77. The lowest BCUT2D eigenvalue weighted by atomic mass is 10.4. The Hall–Kier alpha value is -1.20. The molecule has 0 unspecified atom stereocenters. The summed E-state index contributed by atoms with van der Waals surface area (Å²) in [5.74, 6) is -0.403. The van der Waals surface area contributed by atoms with Crippen molar-refractivity contribution >= 4 is 23.4 Å². The second kappa shape index (κ2) is 5.51. The number of thiazole rings is 1. The molecule has 1 aromatic heterocycles. The summed E-state index contributed by atoms with van der Waals surface area (Å²) in [5.41, 5.74) is 5.68. The molecule has 1 aromatic rings. The van der Waals surface area contributed by atoms with Gasteiger partial charge in [-0.3, -0.25) is 0 Å². The van der Waals surface area contributed by atoms with E-state index in [0.717, 1.165) is 11.4 Å². The van der Waals surface area contributed by atoms with E-state index in [-0.39, 0.29) is 0 Å². The fourth-order valence-electron chi connectivity index (χ4n) is 0.843. The van der Waals surface area contributed by atoms with Gasteiger partial charge in [-0.05, 0) is 19.0 Å². The molecule has 0 fully saturated rings. The lowest BCUT2D eigenvalue weighted by Crippen LogP contribution is -2.00. The van der Waals surface area contributed by atoms with Crippen LogP contribution in [-0.4, -0.2) is 24.6 Å². The second-order valence-electron chi connectivity index (χ2n) is 2.54. The van der Waals surface area contributed by atoms with E-state index >= 15 is 0 Å². The summed E-state index contributed by atoms with van der Waals surface area (Å²) >= 11 is 1.40. The van der Waals surface area contributed by atoms with Gasteiger partial charge in [0.15, 0.2) is 5.69 Å². The van der Waals surface area contributed by atoms with Crippen LogP contribution in [0.4, 0.5) is 0 Å². The smallest absolute Gasteiger partial charge is 0.357 e. The molecule has 0 saturated carbocycles. The van der Waals surface area contributed by atoms with Gasteiger partial charge in [-0.25, -0.2) is 9.78 Å². The summed E-state index contributed by atoms with van der Waals surface area (Å²) in [6.45, 7) is 0.617. The number of nitrogens with zero attached hydrogens (tertiary/aromatic N) is 1. The van der Waals surface area contributed by atoms with Crippen LogP contribution in [0.2, 0.25) is 0 Å². The van der Waals surface area contributed by atoms with Gasteiger partial charge < -0.3 is 10.5 Å². The summed E-state index contributed by atoms with van der Waals surface area (Å²) in [5, 5.41) is 2.47. The summed E-state index contributed by atoms with van der Waals surface area (Å²) in [7, 11) is 1.34. The van der Waals surface area contributed by atoms with E-state index in [9.17, 15) is 4.79 Å². The predicted molar refractivity (Wildman–Crippen MR) is 56.2 cm³/mol. The highest BCUT2D eigenvalue weighted by atomic mass is 32.1. The Bertz CT molecular complexity index is 333. The number of aromatic nitrogens is 1. The van der Waals surface area contributed by atoms with Crippen LogP contribution in [0.25, 0.3) is 6.08 Å². The van der Waals surface area contributed by atoms with Crippen molar-refractivity contribution in [2.75, 3.05) is 13.7 Å². The number of hydrogen-bond acceptors (Lipinski definition) is 5. The molecule has 0 radical (unpaired) electrons.